The molecule has 0 spiro atoms. The number of halogens is 3. The Balaban J connectivity index is 1.67. The van der Waals surface area contributed by atoms with Crippen LogP contribution in [0.2, 0.25) is 5.02 Å². The van der Waals surface area contributed by atoms with E-state index >= 15 is 8.78 Å². The second-order valence-electron chi connectivity index (χ2n) is 8.30. The molecule has 4 aromatic rings. The highest BCUT2D eigenvalue weighted by Gasteiger charge is 2.30. The van der Waals surface area contributed by atoms with E-state index in [1.807, 2.05) is 6.07 Å². The molecule has 0 aliphatic heterocycles. The van der Waals surface area contributed by atoms with Crippen LogP contribution in [-0.4, -0.2) is 33.2 Å². The predicted octanol–water partition coefficient (Wildman–Crippen LogP) is 6.16. The molecule has 1 fully saturated rings. The van der Waals surface area contributed by atoms with Gasteiger partial charge in [0.1, 0.15) is 22.8 Å². The smallest absolute Gasteiger partial charge is 0.338 e. The topological polar surface area (TPSA) is 74.1 Å². The van der Waals surface area contributed by atoms with Crippen LogP contribution in [-0.2, 0) is 4.74 Å². The van der Waals surface area contributed by atoms with Crippen molar-refractivity contribution in [3.05, 3.63) is 82.0 Å². The highest BCUT2D eigenvalue weighted by molar-refractivity contribution is 6.34. The van der Waals surface area contributed by atoms with Gasteiger partial charge in [0.2, 0.25) is 0 Å². The molecule has 178 valence electrons. The minimum Gasteiger partial charge on any atom is -0.462 e. The molecule has 0 radical (unpaired) electrons. The molecule has 2 aromatic heterocycles. The van der Waals surface area contributed by atoms with Crippen LogP contribution in [0.5, 0.6) is 0 Å². The molecule has 0 saturated heterocycles. The highest BCUT2D eigenvalue weighted by atomic mass is 35.5. The van der Waals surface area contributed by atoms with Gasteiger partial charge in [0, 0.05) is 6.20 Å². The number of esters is 1. The molecule has 2 aromatic carbocycles. The molecule has 0 bridgehead atoms. The van der Waals surface area contributed by atoms with E-state index in [0.29, 0.717) is 5.56 Å². The second kappa shape index (κ2) is 9.19. The number of aromatic nitrogens is 3. The van der Waals surface area contributed by atoms with Gasteiger partial charge in [0.15, 0.2) is 0 Å². The quantitative estimate of drug-likeness (QED) is 0.310. The van der Waals surface area contributed by atoms with Crippen LogP contribution in [0.15, 0.2) is 48.7 Å². The lowest BCUT2D eigenvalue weighted by Crippen LogP contribution is -2.20. The normalized spacial score (nSPS) is 13.6. The van der Waals surface area contributed by atoms with Crippen LogP contribution in [0, 0.1) is 11.6 Å². The average Bonchev–Trinajstić information content (AvgIpc) is 3.17. The number of hydrogen-bond donors (Lipinski definition) is 0. The van der Waals surface area contributed by atoms with Gasteiger partial charge in [-0.2, -0.15) is 9.78 Å². The lowest BCUT2D eigenvalue weighted by Gasteiger charge is -2.27. The summed E-state index contributed by atoms with van der Waals surface area (Å²) in [5.74, 6) is -3.18. The fraction of sp³-hybridized carbons (Fsp3) is 0.231. The average molecular weight is 496 g/mol. The van der Waals surface area contributed by atoms with Crippen LogP contribution < -0.4 is 0 Å². The number of fused-ring (bicyclic) bond motifs is 1. The van der Waals surface area contributed by atoms with Crippen molar-refractivity contribution >= 4 is 34.5 Å². The number of pyridine rings is 1. The standard InChI is InChI=1S/C26H20ClF2N3O3/c1-2-35-26(34)15-12-18(28)22(19(29)13-15)24-23-20(10-5-11-30-23)32(31-24)25(33)21-16(14-6-3-7-14)8-4-9-17(21)27/h4-5,8-14H,2-3,6-7H2,1H3. The predicted molar refractivity (Wildman–Crippen MR) is 127 cm³/mol. The monoisotopic (exact) mass is 495 g/mol. The van der Waals surface area contributed by atoms with Crippen molar-refractivity contribution in [1.82, 2.24) is 14.8 Å². The van der Waals surface area contributed by atoms with Crippen molar-refractivity contribution in [3.63, 3.8) is 0 Å². The first kappa shape index (κ1) is 23.1. The third-order valence-electron chi connectivity index (χ3n) is 6.23. The first-order valence-corrected chi connectivity index (χ1v) is 11.6. The molecule has 35 heavy (non-hydrogen) atoms. The summed E-state index contributed by atoms with van der Waals surface area (Å²) in [5, 5.41) is 4.59. The van der Waals surface area contributed by atoms with E-state index < -0.39 is 29.1 Å². The number of nitrogens with zero attached hydrogens (tertiary/aromatic N) is 3. The van der Waals surface area contributed by atoms with Crippen LogP contribution in [0.25, 0.3) is 22.3 Å². The fourth-order valence-corrected chi connectivity index (χ4v) is 4.60. The molecular weight excluding hydrogens is 476 g/mol. The van der Waals surface area contributed by atoms with E-state index in [1.54, 1.807) is 31.2 Å². The molecule has 1 aliphatic carbocycles. The van der Waals surface area contributed by atoms with Crippen LogP contribution in [0.4, 0.5) is 8.78 Å². The first-order chi connectivity index (χ1) is 16.9. The molecule has 2 heterocycles. The van der Waals surface area contributed by atoms with Crippen molar-refractivity contribution in [2.75, 3.05) is 6.61 Å². The van der Waals surface area contributed by atoms with Gasteiger partial charge in [-0.15, -0.1) is 0 Å². The number of ether oxygens (including phenoxy) is 1. The van der Waals surface area contributed by atoms with Crippen molar-refractivity contribution in [2.45, 2.75) is 32.1 Å². The van der Waals surface area contributed by atoms with Crippen LogP contribution in [0.3, 0.4) is 0 Å². The summed E-state index contributed by atoms with van der Waals surface area (Å²) < 4.78 is 36.1. The molecular formula is C26H20ClF2N3O3. The summed E-state index contributed by atoms with van der Waals surface area (Å²) in [4.78, 5) is 29.9. The summed E-state index contributed by atoms with van der Waals surface area (Å²) in [5.41, 5.74) is 0.652. The molecule has 0 unspecified atom stereocenters. The fourth-order valence-electron chi connectivity index (χ4n) is 4.34. The number of rotatable bonds is 5. The van der Waals surface area contributed by atoms with E-state index in [4.69, 9.17) is 16.3 Å². The Morgan fingerprint density at radius 1 is 1.14 bits per heavy atom. The summed E-state index contributed by atoms with van der Waals surface area (Å²) in [6.45, 7) is 1.66. The largest absolute Gasteiger partial charge is 0.462 e. The Morgan fingerprint density at radius 3 is 2.54 bits per heavy atom. The molecule has 6 nitrogen and oxygen atoms in total. The maximum atomic E-state index is 15.1. The molecule has 0 N–H and O–H groups in total. The highest BCUT2D eigenvalue weighted by Crippen LogP contribution is 2.40. The molecule has 1 saturated carbocycles. The Morgan fingerprint density at radius 2 is 1.89 bits per heavy atom. The number of carbonyl (C=O) groups is 2. The van der Waals surface area contributed by atoms with Gasteiger partial charge >= 0.3 is 5.97 Å². The Bertz CT molecular complexity index is 1460. The van der Waals surface area contributed by atoms with Crippen molar-refractivity contribution < 1.29 is 23.1 Å². The lowest BCUT2D eigenvalue weighted by molar-refractivity contribution is 0.0525. The first-order valence-electron chi connectivity index (χ1n) is 11.2. The van der Waals surface area contributed by atoms with E-state index in [9.17, 15) is 9.59 Å². The number of benzene rings is 2. The van der Waals surface area contributed by atoms with E-state index in [2.05, 4.69) is 10.1 Å². The molecule has 9 heteroatoms. The Labute approximate surface area is 204 Å². The minimum atomic E-state index is -1.02. The van der Waals surface area contributed by atoms with Gasteiger partial charge in [-0.1, -0.05) is 30.2 Å². The van der Waals surface area contributed by atoms with Crippen molar-refractivity contribution in [3.8, 4) is 11.3 Å². The Hall–Kier alpha value is -3.65. The summed E-state index contributed by atoms with van der Waals surface area (Å²) in [6.07, 6.45) is 4.43. The second-order valence-corrected chi connectivity index (χ2v) is 8.71. The van der Waals surface area contributed by atoms with E-state index in [-0.39, 0.29) is 39.8 Å². The van der Waals surface area contributed by atoms with Gasteiger partial charge in [-0.3, -0.25) is 9.78 Å². The zero-order valence-corrected chi connectivity index (χ0v) is 19.5. The van der Waals surface area contributed by atoms with Crippen LogP contribution in [0.1, 0.15) is 58.4 Å². The third kappa shape index (κ3) is 3.97. The summed E-state index contributed by atoms with van der Waals surface area (Å²) >= 11 is 6.46. The van der Waals surface area contributed by atoms with Gasteiger partial charge < -0.3 is 4.74 Å². The Kier molecular flexibility index (Phi) is 6.06. The molecule has 0 atom stereocenters. The summed E-state index contributed by atoms with van der Waals surface area (Å²) in [6, 6.07) is 10.3. The number of carbonyl (C=O) groups excluding carboxylic acids is 2. The van der Waals surface area contributed by atoms with Crippen molar-refractivity contribution in [2.24, 2.45) is 0 Å². The van der Waals surface area contributed by atoms with Gasteiger partial charge in [-0.25, -0.2) is 13.6 Å². The molecule has 1 aliphatic rings. The minimum absolute atomic E-state index is 0.0653. The molecule has 5 rings (SSSR count). The third-order valence-corrected chi connectivity index (χ3v) is 6.54. The number of hydrogen-bond acceptors (Lipinski definition) is 5. The van der Waals surface area contributed by atoms with E-state index in [0.717, 1.165) is 41.6 Å². The van der Waals surface area contributed by atoms with Gasteiger partial charge in [-0.05, 0) is 61.6 Å². The van der Waals surface area contributed by atoms with Gasteiger partial charge in [0.25, 0.3) is 5.91 Å². The molecule has 0 amide bonds. The van der Waals surface area contributed by atoms with Crippen molar-refractivity contribution in [1.29, 1.82) is 0 Å². The van der Waals surface area contributed by atoms with Crippen LogP contribution >= 0.6 is 11.6 Å². The maximum absolute atomic E-state index is 15.1. The van der Waals surface area contributed by atoms with E-state index in [1.165, 1.54) is 6.20 Å². The zero-order chi connectivity index (χ0) is 24.7. The summed E-state index contributed by atoms with van der Waals surface area (Å²) in [7, 11) is 0. The zero-order valence-electron chi connectivity index (χ0n) is 18.7. The SMILES string of the molecule is CCOC(=O)c1cc(F)c(-c2nn(C(=O)c3c(Cl)cccc3C3CCC3)c3cccnc23)c(F)c1. The lowest BCUT2D eigenvalue weighted by atomic mass is 9.78. The maximum Gasteiger partial charge on any atom is 0.338 e. The van der Waals surface area contributed by atoms with Gasteiger partial charge in [0.05, 0.1) is 33.8 Å².